The van der Waals surface area contributed by atoms with Gasteiger partial charge in [-0.15, -0.1) is 0 Å². The van der Waals surface area contributed by atoms with Crippen LogP contribution in [0.25, 0.3) is 0 Å². The third-order valence-corrected chi connectivity index (χ3v) is 13.5. The molecule has 0 spiro atoms. The maximum Gasteiger partial charge on any atom is 0.472 e. The lowest BCUT2D eigenvalue weighted by molar-refractivity contribution is -0.870. The van der Waals surface area contributed by atoms with Crippen molar-refractivity contribution in [3.8, 4) is 0 Å². The summed E-state index contributed by atoms with van der Waals surface area (Å²) in [4.78, 5) is 35.8. The summed E-state index contributed by atoms with van der Waals surface area (Å²) in [5.74, 6) is -1.22. The van der Waals surface area contributed by atoms with E-state index in [1.165, 1.54) is 96.3 Å². The molecule has 0 aromatic rings. The highest BCUT2D eigenvalue weighted by Gasteiger charge is 2.39. The van der Waals surface area contributed by atoms with Gasteiger partial charge >= 0.3 is 19.8 Å². The largest absolute Gasteiger partial charge is 0.472 e. The fraction of sp³-hybridized carbons (Fsp3) is 0.885. The van der Waals surface area contributed by atoms with Gasteiger partial charge in [0, 0.05) is 25.2 Å². The highest BCUT2D eigenvalue weighted by Crippen LogP contribution is 2.43. The van der Waals surface area contributed by atoms with E-state index < -0.39 is 50.8 Å². The van der Waals surface area contributed by atoms with Crippen molar-refractivity contribution >= 4 is 19.8 Å². The lowest BCUT2D eigenvalue weighted by Crippen LogP contribution is -2.37. The Morgan fingerprint density at radius 3 is 1.74 bits per heavy atom. The van der Waals surface area contributed by atoms with Gasteiger partial charge in [0.15, 0.2) is 6.10 Å². The van der Waals surface area contributed by atoms with Gasteiger partial charge in [-0.05, 0) is 57.3 Å². The van der Waals surface area contributed by atoms with Crippen LogP contribution in [0.1, 0.15) is 213 Å². The molecular formula is C52H99NO11P+. The highest BCUT2D eigenvalue weighted by molar-refractivity contribution is 7.47. The molecule has 12 nitrogen and oxygen atoms in total. The number of allylic oxidation sites excluding steroid dienone is 2. The van der Waals surface area contributed by atoms with E-state index in [0.717, 1.165) is 64.2 Å². The molecular weight excluding hydrogens is 846 g/mol. The molecule has 0 amide bonds. The van der Waals surface area contributed by atoms with Gasteiger partial charge in [0.05, 0.1) is 46.1 Å². The SMILES string of the molecule is CCCCCCCC/C=C\CCCCCCCCCCCCCC(=O)OC[C@H](COP(=O)(O)OCC[N+](C)(C)C)OC(=O)CCCCCC[C@@H]1[C@@H](/C=C/[C@@H](O)CCCCC)[C@H](O)C[C@@H]1O. The molecule has 0 radical (unpaired) electrons. The minimum Gasteiger partial charge on any atom is -0.462 e. The molecule has 4 N–H and O–H groups in total. The second-order valence-corrected chi connectivity index (χ2v) is 21.3. The van der Waals surface area contributed by atoms with E-state index in [4.69, 9.17) is 18.5 Å². The van der Waals surface area contributed by atoms with Crippen molar-refractivity contribution in [3.05, 3.63) is 24.3 Å². The summed E-state index contributed by atoms with van der Waals surface area (Å²) < 4.78 is 34.5. The van der Waals surface area contributed by atoms with E-state index in [1.54, 1.807) is 6.08 Å². The molecule has 1 saturated carbocycles. The molecule has 1 unspecified atom stereocenters. The first-order valence-corrected chi connectivity index (χ1v) is 27.8. The Morgan fingerprint density at radius 1 is 0.662 bits per heavy atom. The second kappa shape index (κ2) is 39.2. The summed E-state index contributed by atoms with van der Waals surface area (Å²) in [5, 5.41) is 31.5. The highest BCUT2D eigenvalue weighted by atomic mass is 31.2. The van der Waals surface area contributed by atoms with Gasteiger partial charge in [0.2, 0.25) is 0 Å². The summed E-state index contributed by atoms with van der Waals surface area (Å²) in [6.07, 6.45) is 37.2. The number of ether oxygens (including phenoxy) is 2. The van der Waals surface area contributed by atoms with Gasteiger partial charge < -0.3 is 34.2 Å². The third kappa shape index (κ3) is 36.1. The Hall–Kier alpha value is -1.63. The molecule has 13 heteroatoms. The molecule has 1 fully saturated rings. The Morgan fingerprint density at radius 2 is 1.17 bits per heavy atom. The number of aliphatic hydroxyl groups excluding tert-OH is 3. The molecule has 0 saturated heterocycles. The van der Waals surface area contributed by atoms with Crippen LogP contribution in [0.15, 0.2) is 24.3 Å². The van der Waals surface area contributed by atoms with Crippen LogP contribution in [0.5, 0.6) is 0 Å². The summed E-state index contributed by atoms with van der Waals surface area (Å²) in [6, 6.07) is 0. The first-order chi connectivity index (χ1) is 31.2. The zero-order valence-electron chi connectivity index (χ0n) is 42.1. The van der Waals surface area contributed by atoms with E-state index >= 15 is 0 Å². The zero-order valence-corrected chi connectivity index (χ0v) is 43.0. The van der Waals surface area contributed by atoms with Crippen molar-refractivity contribution in [2.45, 2.75) is 237 Å². The number of quaternary nitrogens is 1. The molecule has 0 bridgehead atoms. The lowest BCUT2D eigenvalue weighted by Gasteiger charge is -2.24. The number of aliphatic hydroxyl groups is 3. The van der Waals surface area contributed by atoms with Gasteiger partial charge in [-0.1, -0.05) is 167 Å². The van der Waals surface area contributed by atoms with Crippen LogP contribution < -0.4 is 0 Å². The number of unbranched alkanes of at least 4 members (excludes halogenated alkanes) is 22. The number of nitrogens with zero attached hydrogens (tertiary/aromatic N) is 1. The monoisotopic (exact) mass is 945 g/mol. The van der Waals surface area contributed by atoms with E-state index in [9.17, 15) is 34.4 Å². The van der Waals surface area contributed by atoms with Crippen LogP contribution in [0.4, 0.5) is 0 Å². The van der Waals surface area contributed by atoms with Crippen LogP contribution in [-0.4, -0.2) is 109 Å². The van der Waals surface area contributed by atoms with Crippen molar-refractivity contribution in [2.24, 2.45) is 11.8 Å². The molecule has 0 heterocycles. The van der Waals surface area contributed by atoms with E-state index in [1.807, 2.05) is 27.2 Å². The van der Waals surface area contributed by atoms with Crippen LogP contribution in [0.2, 0.25) is 0 Å². The van der Waals surface area contributed by atoms with Gasteiger partial charge in [0.25, 0.3) is 0 Å². The maximum absolute atomic E-state index is 12.9. The van der Waals surface area contributed by atoms with Crippen LogP contribution in [0.3, 0.4) is 0 Å². The fourth-order valence-corrected chi connectivity index (χ4v) is 9.14. The molecule has 0 aromatic heterocycles. The minimum atomic E-state index is -4.44. The Labute approximate surface area is 396 Å². The molecule has 7 atom stereocenters. The first kappa shape index (κ1) is 61.4. The predicted molar refractivity (Wildman–Crippen MR) is 263 cm³/mol. The molecule has 0 aromatic carbocycles. The van der Waals surface area contributed by atoms with Gasteiger partial charge in [0.1, 0.15) is 19.8 Å². The number of esters is 2. The van der Waals surface area contributed by atoms with Crippen molar-refractivity contribution in [1.29, 1.82) is 0 Å². The summed E-state index contributed by atoms with van der Waals surface area (Å²) in [5.41, 5.74) is 0. The van der Waals surface area contributed by atoms with Gasteiger partial charge in [-0.2, -0.15) is 0 Å². The first-order valence-electron chi connectivity index (χ1n) is 26.3. The zero-order chi connectivity index (χ0) is 48.0. The van der Waals surface area contributed by atoms with Crippen molar-refractivity contribution in [2.75, 3.05) is 47.5 Å². The smallest absolute Gasteiger partial charge is 0.462 e. The molecule has 382 valence electrons. The molecule has 0 aliphatic heterocycles. The van der Waals surface area contributed by atoms with E-state index in [2.05, 4.69) is 26.0 Å². The van der Waals surface area contributed by atoms with Gasteiger partial charge in [-0.25, -0.2) is 4.57 Å². The summed E-state index contributed by atoms with van der Waals surface area (Å²) in [7, 11) is 1.35. The molecule has 65 heavy (non-hydrogen) atoms. The van der Waals surface area contributed by atoms with Gasteiger partial charge in [-0.3, -0.25) is 18.6 Å². The number of likely N-dealkylation sites (N-methyl/N-ethyl adjacent to an activating group) is 1. The average Bonchev–Trinajstić information content (AvgIpc) is 3.52. The predicted octanol–water partition coefficient (Wildman–Crippen LogP) is 11.9. The Balaban J connectivity index is 2.36. The number of hydrogen-bond donors (Lipinski definition) is 4. The fourth-order valence-electron chi connectivity index (χ4n) is 8.40. The topological polar surface area (TPSA) is 169 Å². The Kier molecular flexibility index (Phi) is 37.1. The average molecular weight is 945 g/mol. The number of hydrogen-bond acceptors (Lipinski definition) is 10. The van der Waals surface area contributed by atoms with Crippen LogP contribution in [-0.2, 0) is 32.7 Å². The number of rotatable bonds is 44. The minimum absolute atomic E-state index is 0.00566. The quantitative estimate of drug-likeness (QED) is 0.0151. The van der Waals surface area contributed by atoms with Crippen molar-refractivity contribution in [1.82, 2.24) is 0 Å². The number of carbonyl (C=O) groups excluding carboxylic acids is 2. The van der Waals surface area contributed by atoms with Crippen LogP contribution >= 0.6 is 7.82 Å². The van der Waals surface area contributed by atoms with Crippen molar-refractivity contribution in [3.63, 3.8) is 0 Å². The molecule has 1 aliphatic carbocycles. The second-order valence-electron chi connectivity index (χ2n) is 19.9. The standard InChI is InChI=1S/C52H98NO11P/c1-6-8-10-11-12-13-14-15-16-17-18-19-20-21-22-23-24-25-26-27-32-36-51(57)61-43-46(44-63-65(59,60)62-41-40-53(3,4)5)64-52(58)37-33-29-28-31-35-47-48(50(56)42-49(47)55)39-38-45(54)34-30-9-7-2/h15-16,38-39,45-50,54-56H,6-14,17-37,40-44H2,1-5H3/p+1/b16-15-,39-38+/t45-,46+,47+,48+,49-,50+/m0/s1. The number of phosphoric acid groups is 1. The molecule has 1 rings (SSSR count). The van der Waals surface area contributed by atoms with Crippen LogP contribution in [0, 0.1) is 11.8 Å². The summed E-state index contributed by atoms with van der Waals surface area (Å²) in [6.45, 7) is 4.10. The maximum atomic E-state index is 12.9. The van der Waals surface area contributed by atoms with Crippen molar-refractivity contribution < 1.29 is 57.4 Å². The number of carbonyl (C=O) groups is 2. The Bertz CT molecular complexity index is 1270. The number of phosphoric ester groups is 1. The third-order valence-electron chi connectivity index (χ3n) is 12.6. The molecule has 1 aliphatic rings. The summed E-state index contributed by atoms with van der Waals surface area (Å²) >= 11 is 0. The normalized spacial score (nSPS) is 19.8. The van der Waals surface area contributed by atoms with E-state index in [-0.39, 0.29) is 37.9 Å². The van der Waals surface area contributed by atoms with E-state index in [0.29, 0.717) is 36.7 Å². The lowest BCUT2D eigenvalue weighted by atomic mass is 9.88.